The van der Waals surface area contributed by atoms with Crippen LogP contribution in [0.2, 0.25) is 0 Å². The summed E-state index contributed by atoms with van der Waals surface area (Å²) in [6.45, 7) is 10.7. The summed E-state index contributed by atoms with van der Waals surface area (Å²) in [5.41, 5.74) is 1.66. The maximum Gasteiger partial charge on any atom is 0.0860 e. The van der Waals surface area contributed by atoms with E-state index in [1.54, 1.807) is 41.5 Å². The standard InChI is InChI=1S/C27H35NO3/c1-25(2,29)19-13-7-10-16-22(19)28(23-17-11-8-14-20(23)26(3,4)30)24-18-12-9-15-21(24)27(5,6)31/h7-8,10-11,13-18,29-31H,9,12H2,1-6H3. The van der Waals surface area contributed by atoms with Crippen LogP contribution in [0.1, 0.15) is 65.5 Å². The first-order chi connectivity index (χ1) is 14.3. The fourth-order valence-electron chi connectivity index (χ4n) is 4.20. The second kappa shape index (κ2) is 8.27. The van der Waals surface area contributed by atoms with Gasteiger partial charge in [0, 0.05) is 22.4 Å². The van der Waals surface area contributed by atoms with Gasteiger partial charge in [-0.1, -0.05) is 48.6 Å². The average molecular weight is 422 g/mol. The van der Waals surface area contributed by atoms with Crippen LogP contribution in [0.4, 0.5) is 11.4 Å². The maximum atomic E-state index is 11.0. The van der Waals surface area contributed by atoms with Crippen LogP contribution in [0.3, 0.4) is 0 Å². The minimum absolute atomic E-state index is 0.766. The molecule has 0 saturated heterocycles. The molecule has 0 aliphatic heterocycles. The van der Waals surface area contributed by atoms with Crippen molar-refractivity contribution in [2.75, 3.05) is 4.90 Å². The smallest absolute Gasteiger partial charge is 0.0860 e. The van der Waals surface area contributed by atoms with Crippen LogP contribution in [0, 0.1) is 0 Å². The van der Waals surface area contributed by atoms with E-state index in [1.165, 1.54) is 0 Å². The molecule has 1 aliphatic rings. The lowest BCUT2D eigenvalue weighted by Crippen LogP contribution is -2.33. The summed E-state index contributed by atoms with van der Waals surface area (Å²) in [5.74, 6) is 0. The second-order valence-electron chi connectivity index (χ2n) is 9.83. The summed E-state index contributed by atoms with van der Waals surface area (Å²) in [6.07, 6.45) is 5.93. The van der Waals surface area contributed by atoms with E-state index in [0.717, 1.165) is 46.6 Å². The van der Waals surface area contributed by atoms with Crippen LogP contribution < -0.4 is 4.90 Å². The highest BCUT2D eigenvalue weighted by molar-refractivity contribution is 5.77. The predicted octanol–water partition coefficient (Wildman–Crippen LogP) is 5.65. The summed E-state index contributed by atoms with van der Waals surface area (Å²) in [4.78, 5) is 2.07. The number of rotatable bonds is 6. The lowest BCUT2D eigenvalue weighted by atomic mass is 9.86. The molecule has 0 bridgehead atoms. The molecule has 2 aromatic rings. The van der Waals surface area contributed by atoms with Crippen molar-refractivity contribution in [3.63, 3.8) is 0 Å². The van der Waals surface area contributed by atoms with E-state index in [-0.39, 0.29) is 0 Å². The Bertz CT molecular complexity index is 941. The van der Waals surface area contributed by atoms with Crippen molar-refractivity contribution in [3.8, 4) is 0 Å². The van der Waals surface area contributed by atoms with Crippen LogP contribution in [0.5, 0.6) is 0 Å². The number of aliphatic hydroxyl groups is 3. The summed E-state index contributed by atoms with van der Waals surface area (Å²) in [7, 11) is 0. The van der Waals surface area contributed by atoms with Gasteiger partial charge in [0.2, 0.25) is 0 Å². The molecule has 0 radical (unpaired) electrons. The Hall–Kier alpha value is -2.40. The number of hydrogen-bond donors (Lipinski definition) is 3. The first-order valence-electron chi connectivity index (χ1n) is 10.9. The van der Waals surface area contributed by atoms with E-state index < -0.39 is 16.8 Å². The normalized spacial score (nSPS) is 15.4. The van der Waals surface area contributed by atoms with E-state index in [9.17, 15) is 15.3 Å². The van der Waals surface area contributed by atoms with Crippen LogP contribution in [-0.4, -0.2) is 20.9 Å². The van der Waals surface area contributed by atoms with Crippen LogP contribution in [0.15, 0.2) is 72.0 Å². The molecule has 0 fully saturated rings. The zero-order valence-electron chi connectivity index (χ0n) is 19.5. The molecule has 2 aromatic carbocycles. The van der Waals surface area contributed by atoms with Crippen molar-refractivity contribution in [2.45, 2.75) is 71.2 Å². The second-order valence-corrected chi connectivity index (χ2v) is 9.83. The molecular formula is C27H35NO3. The first kappa shape index (κ1) is 23.3. The molecule has 4 heteroatoms. The van der Waals surface area contributed by atoms with Gasteiger partial charge in [-0.15, -0.1) is 0 Å². The van der Waals surface area contributed by atoms with Crippen molar-refractivity contribution in [2.24, 2.45) is 0 Å². The first-order valence-corrected chi connectivity index (χ1v) is 10.9. The average Bonchev–Trinajstić information content (AvgIpc) is 2.67. The molecule has 31 heavy (non-hydrogen) atoms. The highest BCUT2D eigenvalue weighted by Gasteiger charge is 2.34. The van der Waals surface area contributed by atoms with E-state index in [2.05, 4.69) is 17.1 Å². The Morgan fingerprint density at radius 2 is 1.03 bits per heavy atom. The summed E-state index contributed by atoms with van der Waals surface area (Å²) < 4.78 is 0. The third-order valence-electron chi connectivity index (χ3n) is 5.64. The zero-order chi connectivity index (χ0) is 23.0. The Morgan fingerprint density at radius 3 is 1.45 bits per heavy atom. The van der Waals surface area contributed by atoms with Gasteiger partial charge in [0.25, 0.3) is 0 Å². The molecule has 1 aliphatic carbocycles. The van der Waals surface area contributed by atoms with Crippen molar-refractivity contribution < 1.29 is 15.3 Å². The third kappa shape index (κ3) is 4.93. The molecule has 0 heterocycles. The SMILES string of the molecule is CC(C)(O)C1=CCCC=C1N(c1ccccc1C(C)(C)O)c1ccccc1C(C)(C)O. The van der Waals surface area contributed by atoms with Gasteiger partial charge in [0.05, 0.1) is 28.2 Å². The molecule has 0 saturated carbocycles. The van der Waals surface area contributed by atoms with Gasteiger partial charge in [-0.2, -0.15) is 0 Å². The zero-order valence-corrected chi connectivity index (χ0v) is 19.5. The molecule has 0 spiro atoms. The molecule has 0 unspecified atom stereocenters. The number of anilines is 2. The molecule has 4 nitrogen and oxygen atoms in total. The Balaban J connectivity index is 2.37. The molecule has 166 valence electrons. The molecular weight excluding hydrogens is 386 g/mol. The molecule has 3 N–H and O–H groups in total. The highest BCUT2D eigenvalue weighted by atomic mass is 16.3. The minimum Gasteiger partial charge on any atom is -0.386 e. The van der Waals surface area contributed by atoms with Gasteiger partial charge in [0.1, 0.15) is 0 Å². The Morgan fingerprint density at radius 1 is 0.613 bits per heavy atom. The molecule has 0 atom stereocenters. The highest BCUT2D eigenvalue weighted by Crippen LogP contribution is 2.45. The van der Waals surface area contributed by atoms with Crippen molar-refractivity contribution >= 4 is 11.4 Å². The Kier molecular flexibility index (Phi) is 6.21. The van der Waals surface area contributed by atoms with Gasteiger partial charge in [-0.25, -0.2) is 0 Å². The predicted molar refractivity (Wildman–Crippen MR) is 127 cm³/mol. The Labute approximate surface area is 186 Å². The number of benzene rings is 2. The summed E-state index contributed by atoms with van der Waals surface area (Å²) >= 11 is 0. The van der Waals surface area contributed by atoms with Crippen molar-refractivity contribution in [3.05, 3.63) is 83.1 Å². The minimum atomic E-state index is -1.08. The quantitative estimate of drug-likeness (QED) is 0.564. The van der Waals surface area contributed by atoms with Gasteiger partial charge in [-0.05, 0) is 66.5 Å². The molecule has 3 rings (SSSR count). The van der Waals surface area contributed by atoms with E-state index >= 15 is 0 Å². The number of nitrogens with zero attached hydrogens (tertiary/aromatic N) is 1. The summed E-state index contributed by atoms with van der Waals surface area (Å²) in [6, 6.07) is 15.5. The van der Waals surface area contributed by atoms with Crippen LogP contribution in [0.25, 0.3) is 0 Å². The lowest BCUT2D eigenvalue weighted by Gasteiger charge is -2.39. The van der Waals surface area contributed by atoms with Crippen LogP contribution >= 0.6 is 0 Å². The summed E-state index contributed by atoms with van der Waals surface area (Å²) in [5, 5.41) is 32.9. The largest absolute Gasteiger partial charge is 0.386 e. The topological polar surface area (TPSA) is 63.9 Å². The monoisotopic (exact) mass is 421 g/mol. The number of hydrogen-bond acceptors (Lipinski definition) is 4. The fourth-order valence-corrected chi connectivity index (χ4v) is 4.20. The van der Waals surface area contributed by atoms with E-state index in [1.807, 2.05) is 48.5 Å². The van der Waals surface area contributed by atoms with Gasteiger partial charge in [-0.3, -0.25) is 0 Å². The van der Waals surface area contributed by atoms with Crippen molar-refractivity contribution in [1.82, 2.24) is 0 Å². The molecule has 0 amide bonds. The van der Waals surface area contributed by atoms with Gasteiger partial charge >= 0.3 is 0 Å². The van der Waals surface area contributed by atoms with Gasteiger partial charge < -0.3 is 20.2 Å². The van der Waals surface area contributed by atoms with E-state index in [4.69, 9.17) is 0 Å². The fraction of sp³-hybridized carbons (Fsp3) is 0.407. The van der Waals surface area contributed by atoms with Crippen molar-refractivity contribution in [1.29, 1.82) is 0 Å². The van der Waals surface area contributed by atoms with Crippen LogP contribution in [-0.2, 0) is 11.2 Å². The third-order valence-corrected chi connectivity index (χ3v) is 5.64. The maximum absolute atomic E-state index is 11.0. The number of para-hydroxylation sites is 2. The molecule has 0 aromatic heterocycles. The number of allylic oxidation sites excluding steroid dienone is 2. The van der Waals surface area contributed by atoms with E-state index in [0.29, 0.717) is 0 Å². The van der Waals surface area contributed by atoms with Gasteiger partial charge in [0.15, 0.2) is 0 Å². The lowest BCUT2D eigenvalue weighted by molar-refractivity contribution is 0.0789.